The molecule has 0 aromatic heterocycles. The molecule has 0 aliphatic heterocycles. The molecule has 1 aliphatic rings. The average molecular weight is 405 g/mol. The van der Waals surface area contributed by atoms with E-state index in [9.17, 15) is 9.90 Å². The SMILES string of the molecule is CCOc1ccc(Oc2ccc(Cl)cc2NC(=O)CN(CCO)C2CC2)cc1. The molecule has 0 radical (unpaired) electrons. The van der Waals surface area contributed by atoms with Crippen LogP contribution >= 0.6 is 11.6 Å². The fourth-order valence-electron chi connectivity index (χ4n) is 2.92. The zero-order chi connectivity index (χ0) is 19.9. The standard InChI is InChI=1S/C21H25ClN2O4/c1-2-27-17-6-8-18(9-7-17)28-20-10-3-15(22)13-19(20)23-21(26)14-24(11-12-25)16-4-5-16/h3,6-10,13,16,25H,2,4-5,11-12,14H2,1H3,(H,23,26). The number of amides is 1. The fraction of sp³-hybridized carbons (Fsp3) is 0.381. The van der Waals surface area contributed by atoms with Crippen LogP contribution in [-0.4, -0.2) is 48.3 Å². The van der Waals surface area contributed by atoms with Gasteiger partial charge >= 0.3 is 0 Å². The highest BCUT2D eigenvalue weighted by atomic mass is 35.5. The van der Waals surface area contributed by atoms with Crippen LogP contribution in [0.15, 0.2) is 42.5 Å². The van der Waals surface area contributed by atoms with Gasteiger partial charge in [0.2, 0.25) is 5.91 Å². The Morgan fingerprint density at radius 2 is 1.93 bits per heavy atom. The summed E-state index contributed by atoms with van der Waals surface area (Å²) in [6, 6.07) is 12.8. The first-order valence-electron chi connectivity index (χ1n) is 9.44. The first kappa shape index (κ1) is 20.5. The van der Waals surface area contributed by atoms with Crippen LogP contribution in [0.3, 0.4) is 0 Å². The number of aliphatic hydroxyl groups is 1. The van der Waals surface area contributed by atoms with Crippen LogP contribution in [0.5, 0.6) is 17.2 Å². The van der Waals surface area contributed by atoms with Gasteiger partial charge in [0.1, 0.15) is 11.5 Å². The van der Waals surface area contributed by atoms with E-state index in [2.05, 4.69) is 5.32 Å². The van der Waals surface area contributed by atoms with E-state index < -0.39 is 0 Å². The molecule has 2 aromatic carbocycles. The fourth-order valence-corrected chi connectivity index (χ4v) is 3.09. The molecule has 28 heavy (non-hydrogen) atoms. The van der Waals surface area contributed by atoms with Crippen molar-refractivity contribution in [2.45, 2.75) is 25.8 Å². The maximum atomic E-state index is 12.5. The smallest absolute Gasteiger partial charge is 0.238 e. The Hall–Kier alpha value is -2.28. The van der Waals surface area contributed by atoms with Crippen molar-refractivity contribution in [3.8, 4) is 17.2 Å². The van der Waals surface area contributed by atoms with Crippen molar-refractivity contribution in [1.82, 2.24) is 4.90 Å². The van der Waals surface area contributed by atoms with Gasteiger partial charge in [-0.25, -0.2) is 0 Å². The summed E-state index contributed by atoms with van der Waals surface area (Å²) in [5.41, 5.74) is 0.506. The normalized spacial score (nSPS) is 13.4. The van der Waals surface area contributed by atoms with Gasteiger partial charge in [0, 0.05) is 17.6 Å². The molecule has 2 aromatic rings. The van der Waals surface area contributed by atoms with E-state index in [4.69, 9.17) is 21.1 Å². The Morgan fingerprint density at radius 3 is 2.57 bits per heavy atom. The van der Waals surface area contributed by atoms with Crippen LogP contribution in [0.2, 0.25) is 5.02 Å². The van der Waals surface area contributed by atoms with E-state index in [0.29, 0.717) is 41.4 Å². The number of rotatable bonds is 10. The molecule has 0 bridgehead atoms. The Balaban J connectivity index is 1.68. The number of hydrogen-bond acceptors (Lipinski definition) is 5. The molecule has 7 heteroatoms. The number of nitrogens with one attached hydrogen (secondary N) is 1. The third-order valence-electron chi connectivity index (χ3n) is 4.38. The Bertz CT molecular complexity index is 793. The van der Waals surface area contributed by atoms with Gasteiger partial charge in [0.05, 0.1) is 25.4 Å². The molecule has 150 valence electrons. The lowest BCUT2D eigenvalue weighted by Gasteiger charge is -2.20. The van der Waals surface area contributed by atoms with Crippen LogP contribution in [0, 0.1) is 0 Å². The second-order valence-corrected chi connectivity index (χ2v) is 7.06. The van der Waals surface area contributed by atoms with E-state index in [1.54, 1.807) is 30.3 Å². The van der Waals surface area contributed by atoms with Crippen molar-refractivity contribution in [3.05, 3.63) is 47.5 Å². The van der Waals surface area contributed by atoms with Crippen molar-refractivity contribution in [2.24, 2.45) is 0 Å². The van der Waals surface area contributed by atoms with Gasteiger partial charge in [-0.15, -0.1) is 0 Å². The first-order valence-corrected chi connectivity index (χ1v) is 9.82. The summed E-state index contributed by atoms with van der Waals surface area (Å²) in [7, 11) is 0. The third-order valence-corrected chi connectivity index (χ3v) is 4.61. The highest BCUT2D eigenvalue weighted by Crippen LogP contribution is 2.33. The van der Waals surface area contributed by atoms with E-state index in [1.165, 1.54) is 0 Å². The van der Waals surface area contributed by atoms with Gasteiger partial charge < -0.3 is 19.9 Å². The highest BCUT2D eigenvalue weighted by molar-refractivity contribution is 6.31. The summed E-state index contributed by atoms with van der Waals surface area (Å²) in [5, 5.41) is 12.6. The van der Waals surface area contributed by atoms with Gasteiger partial charge in [-0.3, -0.25) is 9.69 Å². The molecular weight excluding hydrogens is 380 g/mol. The number of aliphatic hydroxyl groups excluding tert-OH is 1. The van der Waals surface area contributed by atoms with Crippen molar-refractivity contribution < 1.29 is 19.4 Å². The monoisotopic (exact) mass is 404 g/mol. The van der Waals surface area contributed by atoms with Gasteiger partial charge in [-0.05, 0) is 62.2 Å². The van der Waals surface area contributed by atoms with Gasteiger partial charge in [0.25, 0.3) is 0 Å². The molecule has 0 saturated heterocycles. The number of carbonyl (C=O) groups excluding carboxylic acids is 1. The molecule has 1 amide bonds. The molecule has 0 atom stereocenters. The van der Waals surface area contributed by atoms with E-state index in [-0.39, 0.29) is 19.1 Å². The predicted octanol–water partition coefficient (Wildman–Crippen LogP) is 3.93. The third kappa shape index (κ3) is 5.86. The molecular formula is C21H25ClN2O4. The molecule has 0 unspecified atom stereocenters. The maximum absolute atomic E-state index is 12.5. The molecule has 0 spiro atoms. The lowest BCUT2D eigenvalue weighted by Crippen LogP contribution is -2.36. The minimum Gasteiger partial charge on any atom is -0.494 e. The quantitative estimate of drug-likeness (QED) is 0.628. The van der Waals surface area contributed by atoms with Crippen LogP contribution in [0.25, 0.3) is 0 Å². The number of ether oxygens (including phenoxy) is 2. The Kier molecular flexibility index (Phi) is 7.14. The molecule has 6 nitrogen and oxygen atoms in total. The van der Waals surface area contributed by atoms with Gasteiger partial charge in [-0.2, -0.15) is 0 Å². The van der Waals surface area contributed by atoms with Crippen LogP contribution in [0.4, 0.5) is 5.69 Å². The van der Waals surface area contributed by atoms with Crippen molar-refractivity contribution >= 4 is 23.2 Å². The summed E-state index contributed by atoms with van der Waals surface area (Å²) in [6.07, 6.45) is 2.13. The van der Waals surface area contributed by atoms with Gasteiger partial charge in [0.15, 0.2) is 5.75 Å². The molecule has 1 saturated carbocycles. The number of hydrogen-bond donors (Lipinski definition) is 2. The Morgan fingerprint density at radius 1 is 1.21 bits per heavy atom. The maximum Gasteiger partial charge on any atom is 0.238 e. The minimum atomic E-state index is -0.167. The molecule has 3 rings (SSSR count). The highest BCUT2D eigenvalue weighted by Gasteiger charge is 2.29. The largest absolute Gasteiger partial charge is 0.494 e. The summed E-state index contributed by atoms with van der Waals surface area (Å²) >= 11 is 6.11. The Labute approximate surface area is 170 Å². The zero-order valence-electron chi connectivity index (χ0n) is 15.9. The summed E-state index contributed by atoms with van der Waals surface area (Å²) in [6.45, 7) is 3.27. The lowest BCUT2D eigenvalue weighted by atomic mass is 10.2. The minimum absolute atomic E-state index is 0.0348. The average Bonchev–Trinajstić information content (AvgIpc) is 3.50. The number of halogens is 1. The number of benzene rings is 2. The van der Waals surface area contributed by atoms with Gasteiger partial charge in [-0.1, -0.05) is 11.6 Å². The number of carbonyl (C=O) groups is 1. The summed E-state index contributed by atoms with van der Waals surface area (Å²) in [5.74, 6) is 1.73. The van der Waals surface area contributed by atoms with Crippen molar-refractivity contribution in [3.63, 3.8) is 0 Å². The number of nitrogens with zero attached hydrogens (tertiary/aromatic N) is 1. The molecule has 0 heterocycles. The van der Waals surface area contributed by atoms with Crippen molar-refractivity contribution in [1.29, 1.82) is 0 Å². The summed E-state index contributed by atoms with van der Waals surface area (Å²) in [4.78, 5) is 14.5. The molecule has 1 aliphatic carbocycles. The molecule has 2 N–H and O–H groups in total. The van der Waals surface area contributed by atoms with Crippen LogP contribution in [-0.2, 0) is 4.79 Å². The lowest BCUT2D eigenvalue weighted by molar-refractivity contribution is -0.117. The second kappa shape index (κ2) is 9.78. The number of anilines is 1. The van der Waals surface area contributed by atoms with E-state index >= 15 is 0 Å². The van der Waals surface area contributed by atoms with Crippen molar-refractivity contribution in [2.75, 3.05) is 31.6 Å². The molecule has 1 fully saturated rings. The topological polar surface area (TPSA) is 71.0 Å². The predicted molar refractivity (Wildman–Crippen MR) is 109 cm³/mol. The van der Waals surface area contributed by atoms with Crippen LogP contribution < -0.4 is 14.8 Å². The van der Waals surface area contributed by atoms with Crippen LogP contribution in [0.1, 0.15) is 19.8 Å². The summed E-state index contributed by atoms with van der Waals surface area (Å²) < 4.78 is 11.4. The van der Waals surface area contributed by atoms with E-state index in [0.717, 1.165) is 18.6 Å². The van der Waals surface area contributed by atoms with E-state index in [1.807, 2.05) is 24.0 Å². The second-order valence-electron chi connectivity index (χ2n) is 6.62. The first-order chi connectivity index (χ1) is 13.6. The zero-order valence-corrected chi connectivity index (χ0v) is 16.6.